The molecule has 25 heavy (non-hydrogen) atoms. The van der Waals surface area contributed by atoms with Crippen molar-refractivity contribution in [1.82, 2.24) is 14.8 Å². The number of pyridine rings is 1. The van der Waals surface area contributed by atoms with Crippen LogP contribution in [0.15, 0.2) is 22.8 Å². The van der Waals surface area contributed by atoms with Crippen molar-refractivity contribution in [2.75, 3.05) is 38.5 Å². The van der Waals surface area contributed by atoms with Crippen LogP contribution in [0.25, 0.3) is 0 Å². The Labute approximate surface area is 159 Å². The highest BCUT2D eigenvalue weighted by Crippen LogP contribution is 2.10. The topological polar surface area (TPSA) is 65.5 Å². The molecular weight excluding hydrogens is 384 g/mol. The van der Waals surface area contributed by atoms with Gasteiger partial charge in [0.25, 0.3) is 0 Å². The molecule has 0 spiro atoms. The van der Waals surface area contributed by atoms with E-state index >= 15 is 0 Å². The van der Waals surface area contributed by atoms with E-state index in [0.717, 1.165) is 17.6 Å². The molecule has 2 amide bonds. The van der Waals surface area contributed by atoms with Crippen LogP contribution in [0, 0.1) is 11.8 Å². The van der Waals surface area contributed by atoms with Crippen molar-refractivity contribution >= 4 is 33.6 Å². The fourth-order valence-corrected chi connectivity index (χ4v) is 2.66. The predicted molar refractivity (Wildman–Crippen MR) is 104 cm³/mol. The van der Waals surface area contributed by atoms with E-state index in [0.29, 0.717) is 17.7 Å². The first-order valence-corrected chi connectivity index (χ1v) is 9.34. The summed E-state index contributed by atoms with van der Waals surface area (Å²) < 4.78 is 0.851. The Hall–Kier alpha value is -1.47. The van der Waals surface area contributed by atoms with Crippen molar-refractivity contribution in [3.63, 3.8) is 0 Å². The number of carbonyl (C=O) groups is 2. The molecule has 0 aliphatic heterocycles. The monoisotopic (exact) mass is 412 g/mol. The summed E-state index contributed by atoms with van der Waals surface area (Å²) in [6.45, 7) is 10.2. The number of anilines is 1. The highest BCUT2D eigenvalue weighted by atomic mass is 79.9. The average molecular weight is 413 g/mol. The molecule has 0 radical (unpaired) electrons. The zero-order valence-corrected chi connectivity index (χ0v) is 17.3. The third kappa shape index (κ3) is 8.97. The maximum atomic E-state index is 12.5. The quantitative estimate of drug-likeness (QED) is 0.676. The molecule has 0 atom stereocenters. The molecule has 6 nitrogen and oxygen atoms in total. The number of halogens is 1. The Bertz CT molecular complexity index is 551. The molecule has 1 rings (SSSR count). The molecule has 0 saturated carbocycles. The fourth-order valence-electron chi connectivity index (χ4n) is 2.42. The molecule has 140 valence electrons. The standard InChI is InChI=1S/C18H29BrN4O2/c1-13(2)9-23(10-14(3)4)18(25)12-22(5)11-17(24)21-16-7-6-15(19)8-20-16/h6-8,13-14H,9-12H2,1-5H3,(H,20,21,24). The van der Waals surface area contributed by atoms with E-state index in [-0.39, 0.29) is 24.9 Å². The summed E-state index contributed by atoms with van der Waals surface area (Å²) in [7, 11) is 1.77. The van der Waals surface area contributed by atoms with E-state index in [1.807, 2.05) is 11.0 Å². The highest BCUT2D eigenvalue weighted by molar-refractivity contribution is 9.10. The molecule has 0 bridgehead atoms. The summed E-state index contributed by atoms with van der Waals surface area (Å²) in [4.78, 5) is 32.3. The lowest BCUT2D eigenvalue weighted by atomic mass is 10.1. The Kier molecular flexibility index (Phi) is 9.06. The van der Waals surface area contributed by atoms with Gasteiger partial charge in [-0.05, 0) is 46.9 Å². The predicted octanol–water partition coefficient (Wildman–Crippen LogP) is 2.86. The van der Waals surface area contributed by atoms with E-state index in [1.54, 1.807) is 24.2 Å². The lowest BCUT2D eigenvalue weighted by molar-refractivity contribution is -0.133. The summed E-state index contributed by atoms with van der Waals surface area (Å²) in [6, 6.07) is 3.53. The molecule has 1 heterocycles. The number of likely N-dealkylation sites (N-methyl/N-ethyl adjacent to an activating group) is 1. The molecule has 1 aromatic heterocycles. The highest BCUT2D eigenvalue weighted by Gasteiger charge is 2.19. The first-order chi connectivity index (χ1) is 11.7. The van der Waals surface area contributed by atoms with Crippen LogP contribution in [0.5, 0.6) is 0 Å². The second-order valence-electron chi connectivity index (χ2n) is 7.17. The smallest absolute Gasteiger partial charge is 0.239 e. The Morgan fingerprint density at radius 1 is 1.12 bits per heavy atom. The molecule has 7 heteroatoms. The molecule has 0 aliphatic rings. The van der Waals surface area contributed by atoms with Gasteiger partial charge in [-0.25, -0.2) is 4.98 Å². The number of rotatable bonds is 9. The molecule has 0 unspecified atom stereocenters. The van der Waals surface area contributed by atoms with Crippen LogP contribution in [0.1, 0.15) is 27.7 Å². The molecule has 0 aromatic carbocycles. The van der Waals surface area contributed by atoms with E-state index in [9.17, 15) is 9.59 Å². The second-order valence-corrected chi connectivity index (χ2v) is 8.08. The van der Waals surface area contributed by atoms with Crippen molar-refractivity contribution in [3.8, 4) is 0 Å². The van der Waals surface area contributed by atoms with Gasteiger partial charge in [-0.3, -0.25) is 14.5 Å². The van der Waals surface area contributed by atoms with Crippen LogP contribution >= 0.6 is 15.9 Å². The average Bonchev–Trinajstić information content (AvgIpc) is 2.47. The molecule has 0 aliphatic carbocycles. The van der Waals surface area contributed by atoms with Gasteiger partial charge < -0.3 is 10.2 Å². The van der Waals surface area contributed by atoms with Crippen LogP contribution in [0.4, 0.5) is 5.82 Å². The fraction of sp³-hybridized carbons (Fsp3) is 0.611. The van der Waals surface area contributed by atoms with Crippen molar-refractivity contribution in [2.24, 2.45) is 11.8 Å². The zero-order valence-electron chi connectivity index (χ0n) is 15.8. The van der Waals surface area contributed by atoms with Gasteiger partial charge in [0, 0.05) is 23.8 Å². The van der Waals surface area contributed by atoms with E-state index in [4.69, 9.17) is 0 Å². The van der Waals surface area contributed by atoms with Crippen LogP contribution in [0.3, 0.4) is 0 Å². The van der Waals surface area contributed by atoms with Crippen molar-refractivity contribution in [2.45, 2.75) is 27.7 Å². The Balaban J connectivity index is 2.52. The first-order valence-electron chi connectivity index (χ1n) is 8.55. The lowest BCUT2D eigenvalue weighted by Crippen LogP contribution is -2.44. The van der Waals surface area contributed by atoms with Gasteiger partial charge in [0.2, 0.25) is 11.8 Å². The minimum absolute atomic E-state index is 0.0551. The minimum atomic E-state index is -0.190. The summed E-state index contributed by atoms with van der Waals surface area (Å²) in [6.07, 6.45) is 1.62. The van der Waals surface area contributed by atoms with Gasteiger partial charge in [-0.2, -0.15) is 0 Å². The number of carbonyl (C=O) groups excluding carboxylic acids is 2. The van der Waals surface area contributed by atoms with Gasteiger partial charge in [0.15, 0.2) is 0 Å². The maximum absolute atomic E-state index is 12.5. The maximum Gasteiger partial charge on any atom is 0.239 e. The number of aromatic nitrogens is 1. The van der Waals surface area contributed by atoms with Crippen molar-refractivity contribution in [1.29, 1.82) is 0 Å². The van der Waals surface area contributed by atoms with Crippen molar-refractivity contribution < 1.29 is 9.59 Å². The first kappa shape index (κ1) is 21.6. The summed E-state index contributed by atoms with van der Waals surface area (Å²) >= 11 is 3.30. The number of amides is 2. The number of nitrogens with one attached hydrogen (secondary N) is 1. The van der Waals surface area contributed by atoms with Gasteiger partial charge in [0.05, 0.1) is 13.1 Å². The van der Waals surface area contributed by atoms with Crippen LogP contribution < -0.4 is 5.32 Å². The third-order valence-corrected chi connectivity index (χ3v) is 3.81. The number of hydrogen-bond acceptors (Lipinski definition) is 4. The number of nitrogens with zero attached hydrogens (tertiary/aromatic N) is 3. The van der Waals surface area contributed by atoms with E-state index in [2.05, 4.69) is 53.9 Å². The largest absolute Gasteiger partial charge is 0.341 e. The Morgan fingerprint density at radius 3 is 2.20 bits per heavy atom. The normalized spacial score (nSPS) is 11.2. The van der Waals surface area contributed by atoms with Crippen molar-refractivity contribution in [3.05, 3.63) is 22.8 Å². The summed E-state index contributed by atoms with van der Waals surface area (Å²) in [5.74, 6) is 1.19. The van der Waals surface area contributed by atoms with E-state index in [1.165, 1.54) is 0 Å². The van der Waals surface area contributed by atoms with Crippen LogP contribution in [-0.2, 0) is 9.59 Å². The summed E-state index contributed by atoms with van der Waals surface area (Å²) in [5.41, 5.74) is 0. The molecular formula is C18H29BrN4O2. The van der Waals surface area contributed by atoms with Gasteiger partial charge >= 0.3 is 0 Å². The lowest BCUT2D eigenvalue weighted by Gasteiger charge is -2.28. The third-order valence-electron chi connectivity index (χ3n) is 3.34. The van der Waals surface area contributed by atoms with E-state index < -0.39 is 0 Å². The van der Waals surface area contributed by atoms with Gasteiger partial charge in [-0.15, -0.1) is 0 Å². The molecule has 1 N–H and O–H groups in total. The summed E-state index contributed by atoms with van der Waals surface area (Å²) in [5, 5.41) is 2.73. The van der Waals surface area contributed by atoms with Crippen LogP contribution in [-0.4, -0.2) is 59.8 Å². The minimum Gasteiger partial charge on any atom is -0.341 e. The molecule has 0 fully saturated rings. The molecule has 1 aromatic rings. The van der Waals surface area contributed by atoms with Gasteiger partial charge in [0.1, 0.15) is 5.82 Å². The van der Waals surface area contributed by atoms with Crippen LogP contribution in [0.2, 0.25) is 0 Å². The second kappa shape index (κ2) is 10.5. The SMILES string of the molecule is CC(C)CN(CC(C)C)C(=O)CN(C)CC(=O)Nc1ccc(Br)cn1. The number of hydrogen-bond donors (Lipinski definition) is 1. The van der Waals surface area contributed by atoms with Gasteiger partial charge in [-0.1, -0.05) is 27.7 Å². The zero-order chi connectivity index (χ0) is 19.0. The molecule has 0 saturated heterocycles. The Morgan fingerprint density at radius 2 is 1.72 bits per heavy atom.